The van der Waals surface area contributed by atoms with Gasteiger partial charge in [-0.15, -0.1) is 0 Å². The molecule has 2 aliphatic rings. The molecule has 0 aromatic heterocycles. The summed E-state index contributed by atoms with van der Waals surface area (Å²) in [5.74, 6) is -0.571. The largest absolute Gasteiger partial charge is 0.348 e. The number of nitrogens with one attached hydrogen (secondary N) is 1. The van der Waals surface area contributed by atoms with Crippen molar-refractivity contribution in [1.29, 1.82) is 0 Å². The molecule has 0 radical (unpaired) electrons. The predicted molar refractivity (Wildman–Crippen MR) is 103 cm³/mol. The summed E-state index contributed by atoms with van der Waals surface area (Å²) in [6.07, 6.45) is 15.9. The minimum Gasteiger partial charge on any atom is -0.348 e. The molecular weight excluding hydrogens is 312 g/mol. The number of hydrogen-bond donors (Lipinski definition) is 1. The van der Waals surface area contributed by atoms with Crippen LogP contribution in [0.4, 0.5) is 0 Å². The monoisotopic (exact) mass is 350 g/mol. The second-order valence-corrected chi connectivity index (χ2v) is 8.10. The summed E-state index contributed by atoms with van der Waals surface area (Å²) in [5.41, 5.74) is 0.107. The van der Waals surface area contributed by atoms with Gasteiger partial charge in [0.25, 0.3) is 5.91 Å². The Hall–Kier alpha value is -0.900. The van der Waals surface area contributed by atoms with Crippen molar-refractivity contribution < 1.29 is 9.59 Å². The quantitative estimate of drug-likeness (QED) is 0.474. The van der Waals surface area contributed by atoms with Gasteiger partial charge in [-0.05, 0) is 45.2 Å². The first-order valence-electron chi connectivity index (χ1n) is 10.7. The van der Waals surface area contributed by atoms with E-state index in [1.54, 1.807) is 0 Å². The lowest BCUT2D eigenvalue weighted by Crippen LogP contribution is -2.58. The van der Waals surface area contributed by atoms with E-state index in [2.05, 4.69) is 17.1 Å². The first-order chi connectivity index (χ1) is 12.2. The van der Waals surface area contributed by atoms with Crippen LogP contribution in [0.5, 0.6) is 0 Å². The highest BCUT2D eigenvalue weighted by Crippen LogP contribution is 2.35. The number of piperidine rings is 1. The highest BCUT2D eigenvalue weighted by Gasteiger charge is 2.38. The molecule has 2 fully saturated rings. The van der Waals surface area contributed by atoms with Gasteiger partial charge in [0, 0.05) is 18.5 Å². The van der Waals surface area contributed by atoms with Gasteiger partial charge in [-0.2, -0.15) is 0 Å². The zero-order valence-corrected chi connectivity index (χ0v) is 16.3. The van der Waals surface area contributed by atoms with Crippen LogP contribution in [-0.2, 0) is 9.59 Å². The number of unbranched alkanes of at least 4 members (excludes halogenated alkanes) is 4. The Balaban J connectivity index is 1.78. The number of carbonyl (C=O) groups excluding carboxylic acids is 2. The maximum atomic E-state index is 12.3. The molecule has 144 valence electrons. The van der Waals surface area contributed by atoms with Crippen molar-refractivity contribution >= 4 is 11.7 Å². The molecule has 0 atom stereocenters. The topological polar surface area (TPSA) is 49.4 Å². The fraction of sp³-hybridized carbons (Fsp3) is 0.905. The summed E-state index contributed by atoms with van der Waals surface area (Å²) in [4.78, 5) is 27.0. The van der Waals surface area contributed by atoms with Crippen LogP contribution in [0.3, 0.4) is 0 Å². The normalized spacial score (nSPS) is 21.0. The SMILES string of the molecule is CCCCCCCC(=O)C(=O)NCC1(N2CCCCC2)CCCCC1. The van der Waals surface area contributed by atoms with E-state index in [0.29, 0.717) is 13.0 Å². The Kier molecular flexibility index (Phi) is 8.94. The number of nitrogens with zero attached hydrogens (tertiary/aromatic N) is 1. The second-order valence-electron chi connectivity index (χ2n) is 8.10. The Morgan fingerprint density at radius 1 is 0.880 bits per heavy atom. The molecule has 1 heterocycles. The van der Waals surface area contributed by atoms with Crippen LogP contribution >= 0.6 is 0 Å². The smallest absolute Gasteiger partial charge is 0.287 e. The van der Waals surface area contributed by atoms with Crippen molar-refractivity contribution in [2.45, 2.75) is 102 Å². The van der Waals surface area contributed by atoms with Crippen LogP contribution in [0, 0.1) is 0 Å². The Labute approximate surface area is 154 Å². The van der Waals surface area contributed by atoms with Crippen LogP contribution in [0.2, 0.25) is 0 Å². The molecule has 2 rings (SSSR count). The van der Waals surface area contributed by atoms with Gasteiger partial charge in [0.1, 0.15) is 0 Å². The van der Waals surface area contributed by atoms with Crippen LogP contribution in [0.25, 0.3) is 0 Å². The van der Waals surface area contributed by atoms with Gasteiger partial charge in [-0.3, -0.25) is 14.5 Å². The summed E-state index contributed by atoms with van der Waals surface area (Å²) in [6.45, 7) is 5.15. The number of hydrogen-bond acceptors (Lipinski definition) is 3. The minimum absolute atomic E-state index is 0.107. The molecule has 0 unspecified atom stereocenters. The van der Waals surface area contributed by atoms with Gasteiger partial charge in [0.2, 0.25) is 5.78 Å². The highest BCUT2D eigenvalue weighted by atomic mass is 16.2. The molecule has 1 aliphatic carbocycles. The molecule has 4 heteroatoms. The van der Waals surface area contributed by atoms with Gasteiger partial charge in [-0.1, -0.05) is 58.3 Å². The van der Waals surface area contributed by atoms with Crippen molar-refractivity contribution in [1.82, 2.24) is 10.2 Å². The average Bonchev–Trinajstić information content (AvgIpc) is 2.67. The molecule has 4 nitrogen and oxygen atoms in total. The Morgan fingerprint density at radius 2 is 1.52 bits per heavy atom. The van der Waals surface area contributed by atoms with E-state index >= 15 is 0 Å². The van der Waals surface area contributed by atoms with E-state index in [4.69, 9.17) is 0 Å². The van der Waals surface area contributed by atoms with E-state index in [9.17, 15) is 9.59 Å². The third kappa shape index (κ3) is 6.40. The average molecular weight is 351 g/mol. The van der Waals surface area contributed by atoms with E-state index in [1.807, 2.05) is 0 Å². The second kappa shape index (κ2) is 10.9. The third-order valence-corrected chi connectivity index (χ3v) is 6.15. The zero-order valence-electron chi connectivity index (χ0n) is 16.3. The van der Waals surface area contributed by atoms with Crippen LogP contribution < -0.4 is 5.32 Å². The third-order valence-electron chi connectivity index (χ3n) is 6.15. The van der Waals surface area contributed by atoms with Gasteiger partial charge >= 0.3 is 0 Å². The molecule has 0 aromatic carbocycles. The van der Waals surface area contributed by atoms with Crippen molar-refractivity contribution in [3.63, 3.8) is 0 Å². The molecule has 1 amide bonds. The number of rotatable bonds is 10. The lowest BCUT2D eigenvalue weighted by molar-refractivity contribution is -0.138. The van der Waals surface area contributed by atoms with Gasteiger partial charge < -0.3 is 5.32 Å². The number of likely N-dealkylation sites (tertiary alicyclic amines) is 1. The molecule has 0 spiro atoms. The van der Waals surface area contributed by atoms with E-state index < -0.39 is 0 Å². The molecule has 0 aromatic rings. The van der Waals surface area contributed by atoms with Crippen LogP contribution in [0.1, 0.15) is 96.8 Å². The van der Waals surface area contributed by atoms with Crippen molar-refractivity contribution in [3.05, 3.63) is 0 Å². The Morgan fingerprint density at radius 3 is 2.20 bits per heavy atom. The van der Waals surface area contributed by atoms with Crippen LogP contribution in [0.15, 0.2) is 0 Å². The fourth-order valence-corrected chi connectivity index (χ4v) is 4.53. The zero-order chi connectivity index (χ0) is 18.0. The molecule has 1 aliphatic heterocycles. The number of carbonyl (C=O) groups is 2. The minimum atomic E-state index is -0.350. The summed E-state index contributed by atoms with van der Waals surface area (Å²) >= 11 is 0. The predicted octanol–water partition coefficient (Wildman–Crippen LogP) is 4.22. The maximum Gasteiger partial charge on any atom is 0.287 e. The molecule has 1 N–H and O–H groups in total. The highest BCUT2D eigenvalue weighted by molar-refractivity contribution is 6.36. The van der Waals surface area contributed by atoms with Gasteiger partial charge in [0.05, 0.1) is 0 Å². The standard InChI is InChI=1S/C21H38N2O2/c1-2-3-4-5-8-13-19(24)20(25)22-18-21(14-9-6-10-15-21)23-16-11-7-12-17-23/h2-18H2,1H3,(H,22,25). The van der Waals surface area contributed by atoms with Crippen molar-refractivity contribution in [2.24, 2.45) is 0 Å². The lowest BCUT2D eigenvalue weighted by Gasteiger charge is -2.48. The first kappa shape index (κ1) is 20.4. The number of amides is 1. The number of ketones is 1. The Bertz CT molecular complexity index is 410. The van der Waals surface area contributed by atoms with E-state index in [1.165, 1.54) is 70.6 Å². The van der Waals surface area contributed by atoms with E-state index in [-0.39, 0.29) is 17.2 Å². The molecular formula is C21H38N2O2. The fourth-order valence-electron chi connectivity index (χ4n) is 4.53. The number of Topliss-reactive ketones (excluding diaryl/α,β-unsaturated/α-hetero) is 1. The summed E-state index contributed by atoms with van der Waals surface area (Å²) in [7, 11) is 0. The summed E-state index contributed by atoms with van der Waals surface area (Å²) < 4.78 is 0. The van der Waals surface area contributed by atoms with Gasteiger partial charge in [-0.25, -0.2) is 0 Å². The first-order valence-corrected chi connectivity index (χ1v) is 10.7. The van der Waals surface area contributed by atoms with Crippen molar-refractivity contribution in [3.8, 4) is 0 Å². The summed E-state index contributed by atoms with van der Waals surface area (Å²) in [6, 6.07) is 0. The maximum absolute atomic E-state index is 12.3. The van der Waals surface area contributed by atoms with E-state index in [0.717, 1.165) is 25.9 Å². The van der Waals surface area contributed by atoms with Crippen LogP contribution in [-0.4, -0.2) is 41.8 Å². The summed E-state index contributed by atoms with van der Waals surface area (Å²) in [5, 5.41) is 3.01. The molecule has 1 saturated heterocycles. The molecule has 0 bridgehead atoms. The van der Waals surface area contributed by atoms with Crippen molar-refractivity contribution in [2.75, 3.05) is 19.6 Å². The molecule has 1 saturated carbocycles. The molecule has 25 heavy (non-hydrogen) atoms. The van der Waals surface area contributed by atoms with Gasteiger partial charge in [0.15, 0.2) is 0 Å². The lowest BCUT2D eigenvalue weighted by atomic mass is 9.79.